The van der Waals surface area contributed by atoms with Crippen LogP contribution in [0, 0.1) is 11.8 Å². The molecule has 0 N–H and O–H groups in total. The minimum absolute atomic E-state index is 0.450. The van der Waals surface area contributed by atoms with Gasteiger partial charge in [0.2, 0.25) is 0 Å². The van der Waals surface area contributed by atoms with E-state index in [2.05, 4.69) is 6.08 Å². The number of fused-ring (bicyclic) bond motifs is 2. The number of hydrogen-bond donors (Lipinski definition) is 0. The Bertz CT molecular complexity index is 301. The highest BCUT2D eigenvalue weighted by Gasteiger charge is 2.43. The van der Waals surface area contributed by atoms with E-state index in [-0.39, 0.29) is 0 Å². The lowest BCUT2D eigenvalue weighted by atomic mass is 10.1. The predicted octanol–water partition coefficient (Wildman–Crippen LogP) is 3.57. The van der Waals surface area contributed by atoms with Crippen molar-refractivity contribution in [1.82, 2.24) is 0 Å². The molecule has 2 bridgehead atoms. The first kappa shape index (κ1) is 11.4. The van der Waals surface area contributed by atoms with Gasteiger partial charge >= 0.3 is 7.60 Å². The molecule has 1 saturated carbocycles. The molecule has 2 aliphatic rings. The Hall–Kier alpha value is -0.110. The molecule has 0 aliphatic heterocycles. The third-order valence-electron chi connectivity index (χ3n) is 3.21. The predicted molar refractivity (Wildman–Crippen MR) is 59.8 cm³/mol. The van der Waals surface area contributed by atoms with Crippen molar-refractivity contribution in [1.29, 1.82) is 0 Å². The van der Waals surface area contributed by atoms with Crippen LogP contribution in [-0.2, 0) is 13.6 Å². The molecule has 0 aromatic heterocycles. The molecular weight excluding hydrogens is 211 g/mol. The minimum Gasteiger partial charge on any atom is -0.306 e. The average molecular weight is 230 g/mol. The second kappa shape index (κ2) is 4.40. The first-order valence-corrected chi connectivity index (χ1v) is 7.35. The van der Waals surface area contributed by atoms with Gasteiger partial charge in [0.15, 0.2) is 0 Å². The van der Waals surface area contributed by atoms with E-state index in [9.17, 15) is 4.57 Å². The van der Waals surface area contributed by atoms with Gasteiger partial charge in [-0.15, -0.1) is 0 Å². The zero-order valence-electron chi connectivity index (χ0n) is 9.44. The van der Waals surface area contributed by atoms with Gasteiger partial charge in [-0.1, -0.05) is 6.08 Å². The van der Waals surface area contributed by atoms with Gasteiger partial charge < -0.3 is 9.05 Å². The van der Waals surface area contributed by atoms with Crippen LogP contribution in [0.5, 0.6) is 0 Å². The van der Waals surface area contributed by atoms with Crippen LogP contribution in [0.25, 0.3) is 0 Å². The number of hydrogen-bond acceptors (Lipinski definition) is 3. The van der Waals surface area contributed by atoms with Crippen molar-refractivity contribution in [3.05, 3.63) is 11.4 Å². The monoisotopic (exact) mass is 230 g/mol. The Balaban J connectivity index is 2.18. The molecule has 0 aromatic carbocycles. The maximum Gasteiger partial charge on any atom is 0.357 e. The van der Waals surface area contributed by atoms with Gasteiger partial charge in [-0.05, 0) is 44.9 Å². The Morgan fingerprint density at radius 3 is 2.40 bits per heavy atom. The standard InChI is InChI=1S/C11H19O3P/c1-3-13-15(12,14-4-2)11-8-9-5-6-10(11)7-9/h8-10H,3-7H2,1-2H3/t9-,10+/m0/s1. The van der Waals surface area contributed by atoms with E-state index < -0.39 is 7.60 Å². The van der Waals surface area contributed by atoms with Crippen molar-refractivity contribution in [2.45, 2.75) is 33.1 Å². The fraction of sp³-hybridized carbons (Fsp3) is 0.818. The summed E-state index contributed by atoms with van der Waals surface area (Å²) in [6, 6.07) is 0. The Morgan fingerprint density at radius 2 is 2.00 bits per heavy atom. The summed E-state index contributed by atoms with van der Waals surface area (Å²) in [5.41, 5.74) is 0. The molecule has 15 heavy (non-hydrogen) atoms. The largest absolute Gasteiger partial charge is 0.357 e. The van der Waals surface area contributed by atoms with Crippen molar-refractivity contribution >= 4 is 7.60 Å². The highest BCUT2D eigenvalue weighted by Crippen LogP contribution is 2.65. The SMILES string of the molecule is CCOP(=O)(OCC)C1=C[C@H]2CC[C@@H]1C2. The van der Waals surface area contributed by atoms with Gasteiger partial charge in [0, 0.05) is 5.31 Å². The van der Waals surface area contributed by atoms with Crippen LogP contribution in [0.4, 0.5) is 0 Å². The van der Waals surface area contributed by atoms with Gasteiger partial charge in [-0.3, -0.25) is 4.57 Å². The summed E-state index contributed by atoms with van der Waals surface area (Å²) in [5.74, 6) is 1.08. The summed E-state index contributed by atoms with van der Waals surface area (Å²) in [5, 5.41) is 0.961. The molecule has 0 radical (unpaired) electrons. The molecule has 0 spiro atoms. The Morgan fingerprint density at radius 1 is 1.33 bits per heavy atom. The summed E-state index contributed by atoms with van der Waals surface area (Å²) < 4.78 is 23.2. The van der Waals surface area contributed by atoms with Crippen molar-refractivity contribution in [2.24, 2.45) is 11.8 Å². The van der Waals surface area contributed by atoms with E-state index >= 15 is 0 Å². The maximum atomic E-state index is 12.5. The fourth-order valence-corrected chi connectivity index (χ4v) is 4.78. The van der Waals surface area contributed by atoms with E-state index in [0.717, 1.165) is 18.2 Å². The van der Waals surface area contributed by atoms with Crippen LogP contribution < -0.4 is 0 Å². The van der Waals surface area contributed by atoms with E-state index in [1.807, 2.05) is 13.8 Å². The third kappa shape index (κ3) is 2.06. The van der Waals surface area contributed by atoms with Crippen LogP contribution in [0.15, 0.2) is 11.4 Å². The van der Waals surface area contributed by atoms with Crippen LogP contribution in [0.2, 0.25) is 0 Å². The lowest BCUT2D eigenvalue weighted by Crippen LogP contribution is -2.04. The zero-order valence-corrected chi connectivity index (χ0v) is 10.3. The van der Waals surface area contributed by atoms with Crippen molar-refractivity contribution in [3.63, 3.8) is 0 Å². The highest BCUT2D eigenvalue weighted by molar-refractivity contribution is 7.58. The third-order valence-corrected chi connectivity index (χ3v) is 5.56. The van der Waals surface area contributed by atoms with Crippen molar-refractivity contribution in [2.75, 3.05) is 13.2 Å². The van der Waals surface area contributed by atoms with Gasteiger partial charge in [-0.25, -0.2) is 0 Å². The smallest absolute Gasteiger partial charge is 0.306 e. The minimum atomic E-state index is -2.95. The molecule has 3 nitrogen and oxygen atoms in total. The summed E-state index contributed by atoms with van der Waals surface area (Å²) in [6.45, 7) is 4.62. The quantitative estimate of drug-likeness (QED) is 0.677. The summed E-state index contributed by atoms with van der Waals surface area (Å²) in [6.07, 6.45) is 5.69. The van der Waals surface area contributed by atoms with Gasteiger partial charge in [0.1, 0.15) is 0 Å². The lowest BCUT2D eigenvalue weighted by molar-refractivity contribution is 0.223. The molecule has 1 fully saturated rings. The molecular formula is C11H19O3P. The highest BCUT2D eigenvalue weighted by atomic mass is 31.2. The molecule has 0 amide bonds. The summed E-state index contributed by atoms with van der Waals surface area (Å²) in [4.78, 5) is 0. The van der Waals surface area contributed by atoms with E-state index in [1.165, 1.54) is 6.42 Å². The van der Waals surface area contributed by atoms with Crippen LogP contribution in [-0.4, -0.2) is 13.2 Å². The van der Waals surface area contributed by atoms with Crippen LogP contribution >= 0.6 is 7.60 Å². The lowest BCUT2D eigenvalue weighted by Gasteiger charge is -2.22. The fourth-order valence-electron chi connectivity index (χ4n) is 2.66. The van der Waals surface area contributed by atoms with Crippen molar-refractivity contribution < 1.29 is 13.6 Å². The van der Waals surface area contributed by atoms with E-state index in [0.29, 0.717) is 25.0 Å². The van der Waals surface area contributed by atoms with Gasteiger partial charge in [0.05, 0.1) is 13.2 Å². The van der Waals surface area contributed by atoms with Gasteiger partial charge in [-0.2, -0.15) is 0 Å². The van der Waals surface area contributed by atoms with E-state index in [1.54, 1.807) is 0 Å². The zero-order chi connectivity index (χ0) is 10.9. The maximum absolute atomic E-state index is 12.5. The normalized spacial score (nSPS) is 29.6. The first-order valence-electron chi connectivity index (χ1n) is 5.81. The molecule has 0 unspecified atom stereocenters. The topological polar surface area (TPSA) is 35.5 Å². The Labute approximate surface area is 91.4 Å². The molecule has 2 rings (SSSR count). The van der Waals surface area contributed by atoms with Gasteiger partial charge in [0.25, 0.3) is 0 Å². The molecule has 0 heterocycles. The summed E-state index contributed by atoms with van der Waals surface area (Å²) >= 11 is 0. The summed E-state index contributed by atoms with van der Waals surface area (Å²) in [7, 11) is -2.95. The second-order valence-electron chi connectivity index (χ2n) is 4.19. The van der Waals surface area contributed by atoms with Crippen molar-refractivity contribution in [3.8, 4) is 0 Å². The van der Waals surface area contributed by atoms with E-state index in [4.69, 9.17) is 9.05 Å². The average Bonchev–Trinajstić information content (AvgIpc) is 2.79. The Kier molecular flexibility index (Phi) is 3.34. The van der Waals surface area contributed by atoms with Crippen LogP contribution in [0.3, 0.4) is 0 Å². The molecule has 4 heteroatoms. The molecule has 0 aromatic rings. The molecule has 2 atom stereocenters. The first-order chi connectivity index (χ1) is 7.19. The number of rotatable bonds is 5. The molecule has 0 saturated heterocycles. The number of allylic oxidation sites excluding steroid dienone is 2. The van der Waals surface area contributed by atoms with Crippen LogP contribution in [0.1, 0.15) is 33.1 Å². The second-order valence-corrected chi connectivity index (χ2v) is 6.22. The molecule has 2 aliphatic carbocycles. The molecule has 86 valence electrons.